The number of hydrogen-bond donors (Lipinski definition) is 1. The van der Waals surface area contributed by atoms with Crippen molar-refractivity contribution >= 4 is 0 Å². The highest BCUT2D eigenvalue weighted by Gasteiger charge is 2.28. The van der Waals surface area contributed by atoms with Crippen LogP contribution < -0.4 is 5.73 Å². The monoisotopic (exact) mass is 226 g/mol. The van der Waals surface area contributed by atoms with E-state index in [1.807, 2.05) is 0 Å². The summed E-state index contributed by atoms with van der Waals surface area (Å²) < 4.78 is 0. The van der Waals surface area contributed by atoms with Crippen molar-refractivity contribution in [2.45, 2.75) is 71.4 Å². The predicted molar refractivity (Wildman–Crippen MR) is 71.6 cm³/mol. The van der Waals surface area contributed by atoms with Crippen molar-refractivity contribution in [2.24, 2.45) is 11.1 Å². The molecule has 0 saturated heterocycles. The summed E-state index contributed by atoms with van der Waals surface area (Å²) >= 11 is 0. The largest absolute Gasteiger partial charge is 0.328 e. The molecular weight excluding hydrogens is 196 g/mol. The van der Waals surface area contributed by atoms with Crippen molar-refractivity contribution in [3.8, 4) is 0 Å². The maximum Gasteiger partial charge on any atom is 0.00926 e. The van der Waals surface area contributed by atoms with Gasteiger partial charge in [0.05, 0.1) is 0 Å². The zero-order chi connectivity index (χ0) is 12.2. The van der Waals surface area contributed by atoms with E-state index in [0.29, 0.717) is 11.5 Å². The molecule has 1 aliphatic rings. The molecule has 0 amide bonds. The Balaban J connectivity index is 2.25. The van der Waals surface area contributed by atoms with Gasteiger partial charge in [-0.3, -0.25) is 0 Å². The minimum atomic E-state index is 0.391. The maximum atomic E-state index is 5.97. The van der Waals surface area contributed by atoms with E-state index in [2.05, 4.69) is 32.7 Å². The summed E-state index contributed by atoms with van der Waals surface area (Å²) in [5.41, 5.74) is 6.55. The molecule has 0 heterocycles. The van der Waals surface area contributed by atoms with E-state index >= 15 is 0 Å². The van der Waals surface area contributed by atoms with Crippen LogP contribution in [0.4, 0.5) is 0 Å². The zero-order valence-corrected chi connectivity index (χ0v) is 11.6. The average molecular weight is 226 g/mol. The first-order valence-corrected chi connectivity index (χ1v) is 6.90. The van der Waals surface area contributed by atoms with Gasteiger partial charge in [-0.2, -0.15) is 0 Å². The summed E-state index contributed by atoms with van der Waals surface area (Å²) in [4.78, 5) is 2.53. The molecule has 1 aliphatic carbocycles. The van der Waals surface area contributed by atoms with Gasteiger partial charge in [0, 0.05) is 12.1 Å². The number of hydrogen-bond acceptors (Lipinski definition) is 2. The third-order valence-corrected chi connectivity index (χ3v) is 4.31. The summed E-state index contributed by atoms with van der Waals surface area (Å²) in [6.45, 7) is 8.14. The lowest BCUT2D eigenvalue weighted by Gasteiger charge is -2.38. The zero-order valence-electron chi connectivity index (χ0n) is 11.6. The molecule has 0 aromatic heterocycles. The van der Waals surface area contributed by atoms with Crippen LogP contribution in [0.25, 0.3) is 0 Å². The van der Waals surface area contributed by atoms with Gasteiger partial charge in [0.1, 0.15) is 0 Å². The van der Waals surface area contributed by atoms with Gasteiger partial charge in [0.2, 0.25) is 0 Å². The quantitative estimate of drug-likeness (QED) is 0.781. The van der Waals surface area contributed by atoms with Crippen molar-refractivity contribution in [3.63, 3.8) is 0 Å². The molecule has 16 heavy (non-hydrogen) atoms. The Kier molecular flexibility index (Phi) is 5.26. The van der Waals surface area contributed by atoms with Crippen molar-refractivity contribution < 1.29 is 0 Å². The summed E-state index contributed by atoms with van der Waals surface area (Å²) in [5.74, 6) is 0. The highest BCUT2D eigenvalue weighted by molar-refractivity contribution is 4.83. The molecule has 2 heteroatoms. The molecular formula is C14H30N2. The molecule has 0 radical (unpaired) electrons. The van der Waals surface area contributed by atoms with Crippen LogP contribution in [0, 0.1) is 5.41 Å². The topological polar surface area (TPSA) is 29.3 Å². The molecule has 0 spiro atoms. The fourth-order valence-electron chi connectivity index (χ4n) is 2.58. The molecule has 0 bridgehead atoms. The second kappa shape index (κ2) is 6.02. The molecule has 1 rings (SSSR count). The highest BCUT2D eigenvalue weighted by Crippen LogP contribution is 2.36. The van der Waals surface area contributed by atoms with Crippen LogP contribution in [0.3, 0.4) is 0 Å². The van der Waals surface area contributed by atoms with Gasteiger partial charge < -0.3 is 10.6 Å². The van der Waals surface area contributed by atoms with Crippen LogP contribution in [-0.2, 0) is 0 Å². The van der Waals surface area contributed by atoms with E-state index in [9.17, 15) is 0 Å². The Labute approximate surface area is 102 Å². The smallest absolute Gasteiger partial charge is 0.00926 e. The predicted octanol–water partition coefficient (Wildman–Crippen LogP) is 3.01. The number of rotatable bonds is 5. The Morgan fingerprint density at radius 3 is 2.38 bits per heavy atom. The van der Waals surface area contributed by atoms with Crippen LogP contribution in [0.5, 0.6) is 0 Å². The van der Waals surface area contributed by atoms with E-state index in [1.165, 1.54) is 32.2 Å². The second-order valence-electron chi connectivity index (χ2n) is 6.33. The van der Waals surface area contributed by atoms with Gasteiger partial charge in [-0.1, -0.05) is 20.8 Å². The van der Waals surface area contributed by atoms with E-state index in [0.717, 1.165) is 18.9 Å². The first-order valence-electron chi connectivity index (χ1n) is 6.90. The lowest BCUT2D eigenvalue weighted by molar-refractivity contribution is 0.125. The molecule has 0 aliphatic heterocycles. The average Bonchev–Trinajstić information content (AvgIpc) is 2.25. The molecule has 1 fully saturated rings. The molecule has 2 nitrogen and oxygen atoms in total. The molecule has 1 saturated carbocycles. The molecule has 96 valence electrons. The van der Waals surface area contributed by atoms with Gasteiger partial charge in [-0.05, 0) is 57.5 Å². The highest BCUT2D eigenvalue weighted by atomic mass is 15.1. The minimum absolute atomic E-state index is 0.391. The Bertz CT molecular complexity index is 191. The van der Waals surface area contributed by atoms with Crippen molar-refractivity contribution in [2.75, 3.05) is 13.6 Å². The van der Waals surface area contributed by atoms with Crippen molar-refractivity contribution in [3.05, 3.63) is 0 Å². The minimum Gasteiger partial charge on any atom is -0.328 e. The lowest BCUT2D eigenvalue weighted by atomic mass is 9.75. The Hall–Kier alpha value is -0.0800. The third kappa shape index (κ3) is 4.42. The Morgan fingerprint density at radius 2 is 1.88 bits per heavy atom. The standard InChI is InChI=1S/C14H30N2/c1-5-12(15)8-11-16(4)13-6-9-14(2,3)10-7-13/h12-13H,5-11,15H2,1-4H3. The van der Waals surface area contributed by atoms with Gasteiger partial charge in [0.15, 0.2) is 0 Å². The van der Waals surface area contributed by atoms with Crippen LogP contribution >= 0.6 is 0 Å². The fraction of sp³-hybridized carbons (Fsp3) is 1.00. The van der Waals surface area contributed by atoms with E-state index in [1.54, 1.807) is 0 Å². The molecule has 2 N–H and O–H groups in total. The summed E-state index contributed by atoms with van der Waals surface area (Å²) in [6.07, 6.45) is 7.73. The number of nitrogens with two attached hydrogens (primary N) is 1. The van der Waals surface area contributed by atoms with Gasteiger partial charge in [0.25, 0.3) is 0 Å². The van der Waals surface area contributed by atoms with Crippen LogP contribution in [0.15, 0.2) is 0 Å². The summed E-state index contributed by atoms with van der Waals surface area (Å²) in [7, 11) is 2.27. The number of nitrogens with zero attached hydrogens (tertiary/aromatic N) is 1. The van der Waals surface area contributed by atoms with Crippen molar-refractivity contribution in [1.29, 1.82) is 0 Å². The fourth-order valence-corrected chi connectivity index (χ4v) is 2.58. The molecule has 0 aromatic carbocycles. The Morgan fingerprint density at radius 1 is 1.31 bits per heavy atom. The van der Waals surface area contributed by atoms with Gasteiger partial charge in [-0.25, -0.2) is 0 Å². The lowest BCUT2D eigenvalue weighted by Crippen LogP contribution is -2.39. The second-order valence-corrected chi connectivity index (χ2v) is 6.33. The third-order valence-electron chi connectivity index (χ3n) is 4.31. The SMILES string of the molecule is CCC(N)CCN(C)C1CCC(C)(C)CC1. The van der Waals surface area contributed by atoms with E-state index in [4.69, 9.17) is 5.73 Å². The normalized spacial score (nSPS) is 23.6. The van der Waals surface area contributed by atoms with Crippen LogP contribution in [0.1, 0.15) is 59.3 Å². The molecule has 1 atom stereocenters. The summed E-state index contributed by atoms with van der Waals surface area (Å²) in [6, 6.07) is 1.19. The molecule has 0 aromatic rings. The van der Waals surface area contributed by atoms with Crippen LogP contribution in [0.2, 0.25) is 0 Å². The first kappa shape index (κ1) is 14.0. The van der Waals surface area contributed by atoms with E-state index in [-0.39, 0.29) is 0 Å². The molecule has 1 unspecified atom stereocenters. The van der Waals surface area contributed by atoms with Crippen molar-refractivity contribution in [1.82, 2.24) is 4.90 Å². The van der Waals surface area contributed by atoms with Gasteiger partial charge in [-0.15, -0.1) is 0 Å². The van der Waals surface area contributed by atoms with Crippen LogP contribution in [-0.4, -0.2) is 30.6 Å². The first-order chi connectivity index (χ1) is 7.44. The summed E-state index contributed by atoms with van der Waals surface area (Å²) in [5, 5.41) is 0. The van der Waals surface area contributed by atoms with E-state index < -0.39 is 0 Å². The van der Waals surface area contributed by atoms with Gasteiger partial charge >= 0.3 is 0 Å². The maximum absolute atomic E-state index is 5.97.